The van der Waals surface area contributed by atoms with Gasteiger partial charge in [-0.15, -0.1) is 0 Å². The number of hydrogen-bond acceptors (Lipinski definition) is 5. The van der Waals surface area contributed by atoms with E-state index >= 15 is 0 Å². The zero-order valence-corrected chi connectivity index (χ0v) is 19.4. The summed E-state index contributed by atoms with van der Waals surface area (Å²) < 4.78 is 0. The van der Waals surface area contributed by atoms with Crippen molar-refractivity contribution in [2.24, 2.45) is 17.6 Å². The molecule has 0 saturated carbocycles. The number of benzene rings is 1. The van der Waals surface area contributed by atoms with E-state index in [0.29, 0.717) is 39.0 Å². The molecule has 0 aromatic heterocycles. The van der Waals surface area contributed by atoms with E-state index in [9.17, 15) is 19.5 Å². The molecule has 3 heterocycles. The first-order valence-electron chi connectivity index (χ1n) is 12.1. The average molecular weight is 457 g/mol. The van der Waals surface area contributed by atoms with E-state index < -0.39 is 6.10 Å². The molecule has 8 nitrogen and oxygen atoms in total. The van der Waals surface area contributed by atoms with Gasteiger partial charge in [0.2, 0.25) is 17.7 Å². The van der Waals surface area contributed by atoms with Crippen LogP contribution in [0.1, 0.15) is 44.1 Å². The fraction of sp³-hybridized carbons (Fsp3) is 0.640. The lowest BCUT2D eigenvalue weighted by Crippen LogP contribution is -2.47. The van der Waals surface area contributed by atoms with E-state index in [4.69, 9.17) is 5.73 Å². The van der Waals surface area contributed by atoms with Crippen molar-refractivity contribution in [2.75, 3.05) is 39.3 Å². The molecule has 4 rings (SSSR count). The van der Waals surface area contributed by atoms with Crippen molar-refractivity contribution in [3.8, 4) is 0 Å². The molecule has 1 aromatic carbocycles. The van der Waals surface area contributed by atoms with Crippen molar-refractivity contribution >= 4 is 17.7 Å². The van der Waals surface area contributed by atoms with Crippen molar-refractivity contribution in [2.45, 2.75) is 50.7 Å². The molecule has 3 aliphatic rings. The van der Waals surface area contributed by atoms with Crippen molar-refractivity contribution in [1.29, 1.82) is 0 Å². The minimum Gasteiger partial charge on any atom is -0.393 e. The van der Waals surface area contributed by atoms with Gasteiger partial charge in [-0.2, -0.15) is 0 Å². The quantitative estimate of drug-likeness (QED) is 0.682. The molecule has 8 heteroatoms. The van der Waals surface area contributed by atoms with Crippen molar-refractivity contribution in [1.82, 2.24) is 14.7 Å². The Hall–Kier alpha value is -2.45. The first-order valence-corrected chi connectivity index (χ1v) is 12.1. The summed E-state index contributed by atoms with van der Waals surface area (Å²) in [6.07, 6.45) is 1.85. The number of carbonyl (C=O) groups is 3. The van der Waals surface area contributed by atoms with Crippen LogP contribution < -0.4 is 5.73 Å². The van der Waals surface area contributed by atoms with Gasteiger partial charge in [0.15, 0.2) is 0 Å². The molecule has 33 heavy (non-hydrogen) atoms. The van der Waals surface area contributed by atoms with Gasteiger partial charge in [-0.3, -0.25) is 14.4 Å². The van der Waals surface area contributed by atoms with E-state index in [1.807, 2.05) is 23.1 Å². The van der Waals surface area contributed by atoms with Gasteiger partial charge in [-0.05, 0) is 37.9 Å². The Morgan fingerprint density at radius 3 is 2.36 bits per heavy atom. The van der Waals surface area contributed by atoms with Crippen LogP contribution in [-0.2, 0) is 14.4 Å². The Balaban J connectivity index is 1.48. The molecular weight excluding hydrogens is 420 g/mol. The number of primary amides is 1. The molecule has 4 atom stereocenters. The zero-order chi connectivity index (χ0) is 23.5. The number of amides is 3. The lowest BCUT2D eigenvalue weighted by molar-refractivity contribution is -0.136. The van der Waals surface area contributed by atoms with E-state index in [2.05, 4.69) is 17.0 Å². The lowest BCUT2D eigenvalue weighted by Gasteiger charge is -2.33. The SMILES string of the molecule is CC(=O)N1CC[C@@H](O)[C@@H]2[C@@H](C1)N(C(=O)CCN1CCC(C(N)=O)CC1)C[C@H]2c1ccccc1. The molecule has 0 unspecified atom stereocenters. The fourth-order valence-corrected chi connectivity index (χ4v) is 5.93. The Morgan fingerprint density at radius 2 is 1.73 bits per heavy atom. The number of rotatable bonds is 5. The second kappa shape index (κ2) is 10.2. The summed E-state index contributed by atoms with van der Waals surface area (Å²) >= 11 is 0. The van der Waals surface area contributed by atoms with E-state index in [-0.39, 0.29) is 41.5 Å². The van der Waals surface area contributed by atoms with Crippen molar-refractivity contribution in [3.63, 3.8) is 0 Å². The molecule has 3 aliphatic heterocycles. The molecule has 3 fully saturated rings. The third-order valence-corrected chi connectivity index (χ3v) is 7.87. The van der Waals surface area contributed by atoms with Crippen LogP contribution in [0.2, 0.25) is 0 Å². The number of hydrogen-bond donors (Lipinski definition) is 2. The minimum atomic E-state index is -0.560. The monoisotopic (exact) mass is 456 g/mol. The number of nitrogens with zero attached hydrogens (tertiary/aromatic N) is 3. The Kier molecular flexibility index (Phi) is 7.34. The number of nitrogens with two attached hydrogens (primary N) is 1. The second-order valence-electron chi connectivity index (χ2n) is 9.80. The number of aliphatic hydroxyl groups excluding tert-OH is 1. The highest BCUT2D eigenvalue weighted by atomic mass is 16.3. The number of fused-ring (bicyclic) bond motifs is 1. The highest BCUT2D eigenvalue weighted by Crippen LogP contribution is 2.42. The molecule has 0 bridgehead atoms. The van der Waals surface area contributed by atoms with Crippen LogP contribution in [0.5, 0.6) is 0 Å². The summed E-state index contributed by atoms with van der Waals surface area (Å²) in [5, 5.41) is 11.1. The van der Waals surface area contributed by atoms with Gasteiger partial charge in [0.1, 0.15) is 0 Å². The molecule has 180 valence electrons. The van der Waals surface area contributed by atoms with Crippen LogP contribution in [0.3, 0.4) is 0 Å². The van der Waals surface area contributed by atoms with Crippen LogP contribution in [0.25, 0.3) is 0 Å². The van der Waals surface area contributed by atoms with E-state index in [1.165, 1.54) is 0 Å². The zero-order valence-electron chi connectivity index (χ0n) is 19.4. The molecule has 3 N–H and O–H groups in total. The summed E-state index contributed by atoms with van der Waals surface area (Å²) in [5.41, 5.74) is 6.56. The number of carbonyl (C=O) groups excluding carboxylic acids is 3. The number of aliphatic hydroxyl groups is 1. The Labute approximate surface area is 195 Å². The van der Waals surface area contributed by atoms with Gasteiger partial charge in [-0.25, -0.2) is 0 Å². The van der Waals surface area contributed by atoms with Crippen LogP contribution in [0, 0.1) is 11.8 Å². The first-order chi connectivity index (χ1) is 15.8. The number of likely N-dealkylation sites (tertiary alicyclic amines) is 3. The maximum atomic E-state index is 13.4. The first kappa shape index (κ1) is 23.7. The summed E-state index contributed by atoms with van der Waals surface area (Å²) in [5.74, 6) is -0.287. The summed E-state index contributed by atoms with van der Waals surface area (Å²) in [6.45, 7) is 5.29. The molecule has 3 amide bonds. The lowest BCUT2D eigenvalue weighted by atomic mass is 9.81. The summed E-state index contributed by atoms with van der Waals surface area (Å²) in [4.78, 5) is 42.9. The highest BCUT2D eigenvalue weighted by Gasteiger charge is 2.49. The van der Waals surface area contributed by atoms with Gasteiger partial charge in [0.05, 0.1) is 12.1 Å². The molecule has 0 radical (unpaired) electrons. The van der Waals surface area contributed by atoms with E-state index in [0.717, 1.165) is 31.5 Å². The maximum absolute atomic E-state index is 13.4. The fourth-order valence-electron chi connectivity index (χ4n) is 5.93. The third-order valence-electron chi connectivity index (χ3n) is 7.87. The summed E-state index contributed by atoms with van der Waals surface area (Å²) in [7, 11) is 0. The van der Waals surface area contributed by atoms with Gasteiger partial charge in [0.25, 0.3) is 0 Å². The molecule has 3 saturated heterocycles. The van der Waals surface area contributed by atoms with Gasteiger partial charge < -0.3 is 25.5 Å². The van der Waals surface area contributed by atoms with Gasteiger partial charge >= 0.3 is 0 Å². The van der Waals surface area contributed by atoms with Crippen LogP contribution in [-0.4, -0.2) is 88.9 Å². The van der Waals surface area contributed by atoms with Crippen LogP contribution in [0.15, 0.2) is 30.3 Å². The third kappa shape index (κ3) is 5.22. The maximum Gasteiger partial charge on any atom is 0.224 e. The second-order valence-corrected chi connectivity index (χ2v) is 9.80. The van der Waals surface area contributed by atoms with Gasteiger partial charge in [0, 0.05) is 57.3 Å². The Bertz CT molecular complexity index is 855. The smallest absolute Gasteiger partial charge is 0.224 e. The predicted octanol–water partition coefficient (Wildman–Crippen LogP) is 0.798. The topological polar surface area (TPSA) is 107 Å². The normalized spacial score (nSPS) is 28.9. The van der Waals surface area contributed by atoms with Gasteiger partial charge in [-0.1, -0.05) is 30.3 Å². The molecule has 1 aromatic rings. The van der Waals surface area contributed by atoms with Crippen molar-refractivity contribution in [3.05, 3.63) is 35.9 Å². The highest BCUT2D eigenvalue weighted by molar-refractivity contribution is 5.78. The number of piperidine rings is 1. The minimum absolute atomic E-state index is 0.0178. The van der Waals surface area contributed by atoms with Crippen LogP contribution in [0.4, 0.5) is 0 Å². The average Bonchev–Trinajstić information content (AvgIpc) is 3.11. The Morgan fingerprint density at radius 1 is 1.03 bits per heavy atom. The predicted molar refractivity (Wildman–Crippen MR) is 124 cm³/mol. The standard InChI is InChI=1S/C25H36N4O4/c1-17(30)28-14-9-22(31)24-20(18-5-3-2-4-6-18)15-29(21(24)16-28)23(32)10-13-27-11-7-19(8-12-27)25(26)33/h2-6,19-22,24,31H,7-16H2,1H3,(H2,26,33)/t20-,21+,22+,24-/m0/s1. The largest absolute Gasteiger partial charge is 0.393 e. The molecule has 0 spiro atoms. The molecule has 0 aliphatic carbocycles. The van der Waals surface area contributed by atoms with Crippen LogP contribution >= 0.6 is 0 Å². The van der Waals surface area contributed by atoms with Crippen molar-refractivity contribution < 1.29 is 19.5 Å². The molecular formula is C25H36N4O4. The van der Waals surface area contributed by atoms with E-state index in [1.54, 1.807) is 11.8 Å². The summed E-state index contributed by atoms with van der Waals surface area (Å²) in [6, 6.07) is 9.91.